The normalized spacial score (nSPS) is 11.8. The third-order valence-corrected chi connectivity index (χ3v) is 5.51. The molecule has 0 saturated carbocycles. The van der Waals surface area contributed by atoms with Crippen LogP contribution in [0.3, 0.4) is 0 Å². The van der Waals surface area contributed by atoms with Gasteiger partial charge >= 0.3 is 0 Å². The van der Waals surface area contributed by atoms with Crippen molar-refractivity contribution in [2.24, 2.45) is 5.92 Å². The number of hydrogen-bond acceptors (Lipinski definition) is 4. The lowest BCUT2D eigenvalue weighted by molar-refractivity contribution is -0.120. The Morgan fingerprint density at radius 3 is 2.24 bits per heavy atom. The molecule has 0 bridgehead atoms. The average Bonchev–Trinajstić information content (AvgIpc) is 2.78. The van der Waals surface area contributed by atoms with E-state index in [1.807, 2.05) is 31.2 Å². The molecule has 0 unspecified atom stereocenters. The molecule has 0 aliphatic rings. The Labute approximate surface area is 197 Å². The third-order valence-electron chi connectivity index (χ3n) is 5.18. The maximum Gasteiger partial charge on any atom is 0.291 e. The minimum Gasteiger partial charge on any atom is -0.323 e. The van der Waals surface area contributed by atoms with Crippen LogP contribution < -0.4 is 16.2 Å². The Morgan fingerprint density at radius 2 is 1.64 bits per heavy atom. The van der Waals surface area contributed by atoms with Gasteiger partial charge in [0.1, 0.15) is 11.7 Å². The molecule has 0 spiro atoms. The van der Waals surface area contributed by atoms with Gasteiger partial charge in [-0.15, -0.1) is 0 Å². The van der Waals surface area contributed by atoms with Gasteiger partial charge in [-0.25, -0.2) is 4.68 Å². The lowest BCUT2D eigenvalue weighted by Gasteiger charge is -2.20. The first kappa shape index (κ1) is 24.2. The summed E-state index contributed by atoms with van der Waals surface area (Å²) in [5, 5.41) is 10.3. The van der Waals surface area contributed by atoms with E-state index in [-0.39, 0.29) is 17.5 Å². The number of para-hydroxylation sites is 1. The molecule has 2 N–H and O–H groups in total. The summed E-state index contributed by atoms with van der Waals surface area (Å²) in [5.41, 5.74) is 2.27. The minimum absolute atomic E-state index is 0.0725. The molecule has 1 heterocycles. The van der Waals surface area contributed by atoms with Gasteiger partial charge < -0.3 is 10.6 Å². The highest BCUT2D eigenvalue weighted by Crippen LogP contribution is 2.24. The average molecular weight is 467 g/mol. The first-order valence-corrected chi connectivity index (χ1v) is 11.2. The lowest BCUT2D eigenvalue weighted by atomic mass is 10.1. The molecule has 3 aromatic rings. The van der Waals surface area contributed by atoms with Crippen LogP contribution in [0.1, 0.15) is 38.8 Å². The molecule has 8 heteroatoms. The highest BCUT2D eigenvalue weighted by Gasteiger charge is 2.25. The maximum atomic E-state index is 13.3. The van der Waals surface area contributed by atoms with Crippen molar-refractivity contribution in [1.29, 1.82) is 0 Å². The van der Waals surface area contributed by atoms with E-state index in [2.05, 4.69) is 15.7 Å². The quantitative estimate of drug-likeness (QED) is 0.509. The number of anilines is 2. The van der Waals surface area contributed by atoms with Gasteiger partial charge in [0.25, 0.3) is 5.56 Å². The minimum atomic E-state index is -0.908. The number of rotatable bonds is 7. The first-order valence-electron chi connectivity index (χ1n) is 10.8. The Balaban J connectivity index is 2.08. The number of carbonyl (C=O) groups excluding carboxylic acids is 2. The Kier molecular flexibility index (Phi) is 7.66. The monoisotopic (exact) mass is 466 g/mol. The molecule has 0 saturated heterocycles. The summed E-state index contributed by atoms with van der Waals surface area (Å²) in [4.78, 5) is 38.7. The van der Waals surface area contributed by atoms with Crippen LogP contribution in [-0.2, 0) is 9.59 Å². The van der Waals surface area contributed by atoms with Crippen LogP contribution in [0.2, 0.25) is 5.02 Å². The van der Waals surface area contributed by atoms with Gasteiger partial charge in [-0.05, 0) is 31.5 Å². The second-order valence-electron chi connectivity index (χ2n) is 8.10. The van der Waals surface area contributed by atoms with Gasteiger partial charge in [0, 0.05) is 11.5 Å². The molecule has 0 aliphatic carbocycles. The van der Waals surface area contributed by atoms with Crippen molar-refractivity contribution < 1.29 is 9.59 Å². The first-order chi connectivity index (χ1) is 15.7. The van der Waals surface area contributed by atoms with Crippen LogP contribution in [0.15, 0.2) is 59.4 Å². The SMILES string of the molecule is CC[C@H](C(=O)Nc1ccccc1Cl)n1nc(-c2ccc(C)cc2)cc(NC(=O)C(C)C)c1=O. The zero-order chi connectivity index (χ0) is 24.1. The smallest absolute Gasteiger partial charge is 0.291 e. The van der Waals surface area contributed by atoms with Crippen molar-refractivity contribution in [3.8, 4) is 11.3 Å². The number of aromatic nitrogens is 2. The van der Waals surface area contributed by atoms with Gasteiger partial charge in [0.05, 0.1) is 16.4 Å². The van der Waals surface area contributed by atoms with Crippen LogP contribution in [0.4, 0.5) is 11.4 Å². The van der Waals surface area contributed by atoms with Crippen LogP contribution in [-0.4, -0.2) is 21.6 Å². The molecule has 7 nitrogen and oxygen atoms in total. The number of amides is 2. The fourth-order valence-corrected chi connectivity index (χ4v) is 3.39. The lowest BCUT2D eigenvalue weighted by Crippen LogP contribution is -2.37. The number of halogens is 1. The predicted molar refractivity (Wildman–Crippen MR) is 132 cm³/mol. The number of hydrogen-bond donors (Lipinski definition) is 2. The highest BCUT2D eigenvalue weighted by molar-refractivity contribution is 6.33. The van der Waals surface area contributed by atoms with E-state index in [4.69, 9.17) is 11.6 Å². The van der Waals surface area contributed by atoms with Crippen LogP contribution in [0, 0.1) is 12.8 Å². The van der Waals surface area contributed by atoms with Gasteiger partial charge in [-0.2, -0.15) is 5.10 Å². The van der Waals surface area contributed by atoms with Crippen molar-refractivity contribution in [2.45, 2.75) is 40.2 Å². The van der Waals surface area contributed by atoms with Crippen molar-refractivity contribution in [3.05, 3.63) is 75.5 Å². The van der Waals surface area contributed by atoms with E-state index in [0.717, 1.165) is 15.8 Å². The third kappa shape index (κ3) is 5.68. The van der Waals surface area contributed by atoms with E-state index >= 15 is 0 Å². The van der Waals surface area contributed by atoms with Gasteiger partial charge in [0.15, 0.2) is 0 Å². The standard InChI is InChI=1S/C25H27ClN4O3/c1-5-22(24(32)27-19-9-7-6-8-18(19)26)30-25(33)21(28-23(31)15(2)3)14-20(29-30)17-12-10-16(4)11-13-17/h6-15,22H,5H2,1-4H3,(H,27,32)(H,28,31)/t22-/m1/s1. The number of benzene rings is 2. The molecular weight excluding hydrogens is 440 g/mol. The topological polar surface area (TPSA) is 93.1 Å². The zero-order valence-electron chi connectivity index (χ0n) is 19.1. The predicted octanol–water partition coefficient (Wildman–Crippen LogP) is 5.06. The molecule has 3 rings (SSSR count). The van der Waals surface area contributed by atoms with Crippen molar-refractivity contribution in [3.63, 3.8) is 0 Å². The second kappa shape index (κ2) is 10.4. The Hall–Kier alpha value is -3.45. The molecule has 1 atom stereocenters. The largest absolute Gasteiger partial charge is 0.323 e. The molecule has 0 fully saturated rings. The zero-order valence-corrected chi connectivity index (χ0v) is 19.8. The summed E-state index contributed by atoms with van der Waals surface area (Å²) in [6, 6.07) is 15.1. The summed E-state index contributed by atoms with van der Waals surface area (Å²) < 4.78 is 1.14. The van der Waals surface area contributed by atoms with E-state index in [1.165, 1.54) is 0 Å². The number of aryl methyl sites for hydroxylation is 1. The van der Waals surface area contributed by atoms with E-state index in [1.54, 1.807) is 51.1 Å². The highest BCUT2D eigenvalue weighted by atomic mass is 35.5. The maximum absolute atomic E-state index is 13.3. The molecule has 1 aromatic heterocycles. The molecule has 172 valence electrons. The van der Waals surface area contributed by atoms with Crippen molar-refractivity contribution in [2.75, 3.05) is 10.6 Å². The Morgan fingerprint density at radius 1 is 1.00 bits per heavy atom. The molecule has 0 radical (unpaired) electrons. The van der Waals surface area contributed by atoms with Crippen LogP contribution in [0.5, 0.6) is 0 Å². The van der Waals surface area contributed by atoms with Crippen molar-refractivity contribution >= 4 is 34.8 Å². The molecule has 33 heavy (non-hydrogen) atoms. The summed E-state index contributed by atoms with van der Waals surface area (Å²) in [6.45, 7) is 7.23. The van der Waals surface area contributed by atoms with Crippen molar-refractivity contribution in [1.82, 2.24) is 9.78 Å². The molecule has 2 aromatic carbocycles. The van der Waals surface area contributed by atoms with E-state index in [0.29, 0.717) is 22.8 Å². The van der Waals surface area contributed by atoms with Crippen LogP contribution >= 0.6 is 11.6 Å². The second-order valence-corrected chi connectivity index (χ2v) is 8.50. The summed E-state index contributed by atoms with van der Waals surface area (Å²) in [6.07, 6.45) is 0.304. The number of nitrogens with zero attached hydrogens (tertiary/aromatic N) is 2. The number of carbonyl (C=O) groups is 2. The fourth-order valence-electron chi connectivity index (χ4n) is 3.20. The molecular formula is C25H27ClN4O3. The van der Waals surface area contributed by atoms with Gasteiger partial charge in [0.2, 0.25) is 11.8 Å². The molecule has 0 aliphatic heterocycles. The van der Waals surface area contributed by atoms with Gasteiger partial charge in [-0.1, -0.05) is 74.3 Å². The summed E-state index contributed by atoms with van der Waals surface area (Å²) in [5.74, 6) is -1.05. The van der Waals surface area contributed by atoms with E-state index in [9.17, 15) is 14.4 Å². The fraction of sp³-hybridized carbons (Fsp3) is 0.280. The summed E-state index contributed by atoms with van der Waals surface area (Å²) >= 11 is 6.18. The Bertz CT molecular complexity index is 1220. The molecule has 2 amide bonds. The van der Waals surface area contributed by atoms with E-state index < -0.39 is 17.5 Å². The number of nitrogens with one attached hydrogen (secondary N) is 2. The van der Waals surface area contributed by atoms with Gasteiger partial charge in [-0.3, -0.25) is 14.4 Å². The van der Waals surface area contributed by atoms with Crippen LogP contribution in [0.25, 0.3) is 11.3 Å². The summed E-state index contributed by atoms with van der Waals surface area (Å²) in [7, 11) is 0.